The van der Waals surface area contributed by atoms with Crippen molar-refractivity contribution in [3.05, 3.63) is 58.9 Å². The number of rotatable bonds is 9. The summed E-state index contributed by atoms with van der Waals surface area (Å²) in [5.74, 6) is -0.154. The quantitative estimate of drug-likeness (QED) is 0.411. The lowest BCUT2D eigenvalue weighted by Gasteiger charge is -2.20. The molecule has 0 N–H and O–H groups in total. The minimum atomic E-state index is -0.437. The van der Waals surface area contributed by atoms with Gasteiger partial charge in [-0.15, -0.1) is 10.2 Å². The molecule has 1 amide bonds. The lowest BCUT2D eigenvalue weighted by molar-refractivity contribution is -0.127. The largest absolute Gasteiger partial charge is 0.411 e. The molecular weight excluding hydrogens is 439 g/mol. The summed E-state index contributed by atoms with van der Waals surface area (Å²) in [5, 5.41) is 8.67. The van der Waals surface area contributed by atoms with E-state index in [-0.39, 0.29) is 18.2 Å². The zero-order valence-corrected chi connectivity index (χ0v) is 19.2. The summed E-state index contributed by atoms with van der Waals surface area (Å²) in [6, 6.07) is 12.4. The van der Waals surface area contributed by atoms with Gasteiger partial charge in [0.2, 0.25) is 11.8 Å². The molecule has 9 heteroatoms. The lowest BCUT2D eigenvalue weighted by atomic mass is 10.2. The molecule has 1 aromatic heterocycles. The second kappa shape index (κ2) is 10.6. The van der Waals surface area contributed by atoms with Crippen LogP contribution in [0.25, 0.3) is 11.5 Å². The Hall–Kier alpha value is -2.58. The average molecular weight is 463 g/mol. The van der Waals surface area contributed by atoms with E-state index in [9.17, 15) is 9.18 Å². The van der Waals surface area contributed by atoms with Crippen molar-refractivity contribution in [2.24, 2.45) is 0 Å². The van der Waals surface area contributed by atoms with Gasteiger partial charge in [-0.05, 0) is 50.2 Å². The summed E-state index contributed by atoms with van der Waals surface area (Å²) in [4.78, 5) is 16.1. The van der Waals surface area contributed by atoms with E-state index in [1.165, 1.54) is 17.0 Å². The van der Waals surface area contributed by atoms with Crippen molar-refractivity contribution >= 4 is 35.0 Å². The Bertz CT molecular complexity index is 1000. The van der Waals surface area contributed by atoms with Gasteiger partial charge in [-0.3, -0.25) is 4.79 Å². The molecule has 0 fully saturated rings. The van der Waals surface area contributed by atoms with Crippen LogP contribution < -0.4 is 4.90 Å². The van der Waals surface area contributed by atoms with Gasteiger partial charge in [0.1, 0.15) is 5.82 Å². The molecule has 2 aromatic carbocycles. The highest BCUT2D eigenvalue weighted by atomic mass is 35.5. The lowest BCUT2D eigenvalue weighted by Crippen LogP contribution is -2.28. The van der Waals surface area contributed by atoms with Crippen molar-refractivity contribution < 1.29 is 13.6 Å². The van der Waals surface area contributed by atoms with Crippen molar-refractivity contribution in [1.29, 1.82) is 0 Å². The molecule has 3 rings (SSSR count). The summed E-state index contributed by atoms with van der Waals surface area (Å²) in [6.07, 6.45) is 0. The molecule has 1 heterocycles. The van der Waals surface area contributed by atoms with Gasteiger partial charge in [0.25, 0.3) is 5.22 Å². The molecule has 0 spiro atoms. The molecule has 0 atom stereocenters. The third-order valence-corrected chi connectivity index (χ3v) is 6.01. The molecule has 0 unspecified atom stereocenters. The monoisotopic (exact) mass is 462 g/mol. The fourth-order valence-corrected chi connectivity index (χ4v) is 3.96. The van der Waals surface area contributed by atoms with Crippen molar-refractivity contribution in [1.82, 2.24) is 15.1 Å². The third-order valence-electron chi connectivity index (χ3n) is 4.85. The number of amides is 1. The van der Waals surface area contributed by atoms with E-state index in [2.05, 4.69) is 28.9 Å². The van der Waals surface area contributed by atoms with Gasteiger partial charge in [-0.2, -0.15) is 0 Å². The molecule has 0 radical (unpaired) electrons. The molecule has 3 aromatic rings. The Kier molecular flexibility index (Phi) is 7.92. The SMILES string of the molecule is CCN(CC)c1ccc(-c2nnc(SCC(=O)N(C)Cc3c(F)cccc3Cl)o2)cc1. The highest BCUT2D eigenvalue weighted by Gasteiger charge is 2.17. The number of hydrogen-bond donors (Lipinski definition) is 0. The Balaban J connectivity index is 1.58. The fraction of sp³-hybridized carbons (Fsp3) is 0.318. The number of anilines is 1. The minimum absolute atomic E-state index is 0.0822. The first kappa shape index (κ1) is 23.1. The smallest absolute Gasteiger partial charge is 0.277 e. The van der Waals surface area contributed by atoms with Crippen LogP contribution in [-0.4, -0.2) is 46.9 Å². The minimum Gasteiger partial charge on any atom is -0.411 e. The maximum absolute atomic E-state index is 13.9. The van der Waals surface area contributed by atoms with E-state index in [0.717, 1.165) is 36.1 Å². The van der Waals surface area contributed by atoms with Gasteiger partial charge in [-0.25, -0.2) is 4.39 Å². The zero-order chi connectivity index (χ0) is 22.4. The molecule has 0 saturated carbocycles. The number of hydrogen-bond acceptors (Lipinski definition) is 6. The standard InChI is InChI=1S/C22H24ClFN4O2S/c1-4-28(5-2)16-11-9-15(10-12-16)21-25-26-22(30-21)31-14-20(29)27(3)13-17-18(23)7-6-8-19(17)24/h6-12H,4-5,13-14H2,1-3H3. The second-order valence-corrected chi connectivity index (χ2v) is 8.16. The summed E-state index contributed by atoms with van der Waals surface area (Å²) >= 11 is 7.18. The molecule has 6 nitrogen and oxygen atoms in total. The van der Waals surface area contributed by atoms with Gasteiger partial charge in [0.05, 0.1) is 5.75 Å². The molecule has 0 aliphatic rings. The average Bonchev–Trinajstić information content (AvgIpc) is 3.25. The van der Waals surface area contributed by atoms with Crippen LogP contribution in [0.15, 0.2) is 52.1 Å². The fourth-order valence-electron chi connectivity index (χ4n) is 3.03. The van der Waals surface area contributed by atoms with Crippen molar-refractivity contribution in [2.75, 3.05) is 30.8 Å². The van der Waals surface area contributed by atoms with Gasteiger partial charge in [-0.1, -0.05) is 29.4 Å². The summed E-state index contributed by atoms with van der Waals surface area (Å²) < 4.78 is 19.6. The molecule has 0 aliphatic carbocycles. The topological polar surface area (TPSA) is 62.5 Å². The Morgan fingerprint density at radius 3 is 2.48 bits per heavy atom. The molecule has 31 heavy (non-hydrogen) atoms. The number of carbonyl (C=O) groups is 1. The number of aromatic nitrogens is 2. The van der Waals surface area contributed by atoms with Crippen LogP contribution in [0.4, 0.5) is 10.1 Å². The van der Waals surface area contributed by atoms with Crippen LogP contribution in [0.3, 0.4) is 0 Å². The highest BCUT2D eigenvalue weighted by Crippen LogP contribution is 2.26. The zero-order valence-electron chi connectivity index (χ0n) is 17.6. The number of carbonyl (C=O) groups excluding carboxylic acids is 1. The van der Waals surface area contributed by atoms with Crippen LogP contribution in [0.1, 0.15) is 19.4 Å². The molecule has 0 saturated heterocycles. The second-order valence-electron chi connectivity index (χ2n) is 6.83. The van der Waals surface area contributed by atoms with E-state index in [1.54, 1.807) is 13.1 Å². The number of halogens is 2. The molecule has 0 bridgehead atoms. The predicted octanol–water partition coefficient (Wildman–Crippen LogP) is 5.13. The van der Waals surface area contributed by atoms with Crippen LogP contribution in [0.2, 0.25) is 5.02 Å². The van der Waals surface area contributed by atoms with Crippen LogP contribution >= 0.6 is 23.4 Å². The Morgan fingerprint density at radius 1 is 1.13 bits per heavy atom. The predicted molar refractivity (Wildman–Crippen MR) is 122 cm³/mol. The third kappa shape index (κ3) is 5.77. The van der Waals surface area contributed by atoms with Crippen molar-refractivity contribution in [3.63, 3.8) is 0 Å². The maximum Gasteiger partial charge on any atom is 0.277 e. The molecule has 164 valence electrons. The Labute approximate surface area is 190 Å². The normalized spacial score (nSPS) is 10.9. The van der Waals surface area contributed by atoms with E-state index < -0.39 is 5.82 Å². The van der Waals surface area contributed by atoms with Gasteiger partial charge < -0.3 is 14.2 Å². The first-order valence-electron chi connectivity index (χ1n) is 9.91. The summed E-state index contributed by atoms with van der Waals surface area (Å²) in [5.41, 5.74) is 2.23. The summed E-state index contributed by atoms with van der Waals surface area (Å²) in [6.45, 7) is 6.18. The first-order chi connectivity index (χ1) is 14.9. The van der Waals surface area contributed by atoms with E-state index in [0.29, 0.717) is 21.7 Å². The number of benzene rings is 2. The summed E-state index contributed by atoms with van der Waals surface area (Å²) in [7, 11) is 1.60. The van der Waals surface area contributed by atoms with Crippen molar-refractivity contribution in [2.45, 2.75) is 25.6 Å². The van der Waals surface area contributed by atoms with Gasteiger partial charge >= 0.3 is 0 Å². The van der Waals surface area contributed by atoms with Crippen LogP contribution in [0, 0.1) is 5.82 Å². The van der Waals surface area contributed by atoms with Crippen LogP contribution in [-0.2, 0) is 11.3 Å². The van der Waals surface area contributed by atoms with E-state index in [4.69, 9.17) is 16.0 Å². The highest BCUT2D eigenvalue weighted by molar-refractivity contribution is 7.99. The number of nitrogens with zero attached hydrogens (tertiary/aromatic N) is 4. The van der Waals surface area contributed by atoms with Crippen molar-refractivity contribution in [3.8, 4) is 11.5 Å². The Morgan fingerprint density at radius 2 is 1.84 bits per heavy atom. The maximum atomic E-state index is 13.9. The molecule has 0 aliphatic heterocycles. The van der Waals surface area contributed by atoms with Gasteiger partial charge in [0.15, 0.2) is 0 Å². The molecular formula is C22H24ClFN4O2S. The van der Waals surface area contributed by atoms with Gasteiger partial charge in [0, 0.05) is 48.5 Å². The van der Waals surface area contributed by atoms with Crippen LogP contribution in [0.5, 0.6) is 0 Å². The first-order valence-corrected chi connectivity index (χ1v) is 11.3. The van der Waals surface area contributed by atoms with E-state index in [1.807, 2.05) is 24.3 Å². The van der Waals surface area contributed by atoms with E-state index >= 15 is 0 Å². The number of thioether (sulfide) groups is 1.